The first-order valence-electron chi connectivity index (χ1n) is 6.84. The lowest BCUT2D eigenvalue weighted by Crippen LogP contribution is -2.49. The van der Waals surface area contributed by atoms with E-state index in [1.807, 2.05) is 35.2 Å². The van der Waals surface area contributed by atoms with Crippen molar-refractivity contribution in [3.8, 4) is 5.69 Å². The minimum atomic E-state index is 0.00457. The monoisotopic (exact) mass is 349 g/mol. The van der Waals surface area contributed by atoms with Crippen molar-refractivity contribution < 1.29 is 9.53 Å². The van der Waals surface area contributed by atoms with Crippen LogP contribution in [0.2, 0.25) is 0 Å². The summed E-state index contributed by atoms with van der Waals surface area (Å²) >= 11 is 3.44. The van der Waals surface area contributed by atoms with Crippen LogP contribution in [0.1, 0.15) is 10.4 Å². The zero-order valence-electron chi connectivity index (χ0n) is 11.5. The Morgan fingerprint density at radius 3 is 2.95 bits per heavy atom. The van der Waals surface area contributed by atoms with Crippen molar-refractivity contribution >= 4 is 21.8 Å². The molecule has 0 N–H and O–H groups in total. The van der Waals surface area contributed by atoms with Crippen molar-refractivity contribution in [2.45, 2.75) is 6.04 Å². The SMILES string of the molecule is O=C(c1cnn(-c2ccccc2)c1)N1CCOCC1CBr. The third kappa shape index (κ3) is 3.01. The highest BCUT2D eigenvalue weighted by Gasteiger charge is 2.28. The summed E-state index contributed by atoms with van der Waals surface area (Å²) in [6.07, 6.45) is 3.40. The maximum atomic E-state index is 12.6. The van der Waals surface area contributed by atoms with Crippen molar-refractivity contribution in [3.05, 3.63) is 48.3 Å². The van der Waals surface area contributed by atoms with Gasteiger partial charge in [0.15, 0.2) is 0 Å². The first-order valence-corrected chi connectivity index (χ1v) is 7.96. The van der Waals surface area contributed by atoms with Gasteiger partial charge < -0.3 is 9.64 Å². The van der Waals surface area contributed by atoms with Crippen LogP contribution in [0.25, 0.3) is 5.69 Å². The number of para-hydroxylation sites is 1. The van der Waals surface area contributed by atoms with Gasteiger partial charge in [0.05, 0.1) is 36.7 Å². The second kappa shape index (κ2) is 6.41. The molecule has 6 heteroatoms. The Morgan fingerprint density at radius 1 is 1.38 bits per heavy atom. The number of carbonyl (C=O) groups is 1. The summed E-state index contributed by atoms with van der Waals surface area (Å²) in [5, 5.41) is 4.99. The van der Waals surface area contributed by atoms with Crippen LogP contribution in [-0.4, -0.2) is 51.7 Å². The number of nitrogens with zero attached hydrogens (tertiary/aromatic N) is 3. The predicted octanol–water partition coefficient (Wildman–Crippen LogP) is 2.11. The molecule has 0 saturated carbocycles. The number of hydrogen-bond acceptors (Lipinski definition) is 3. The fourth-order valence-electron chi connectivity index (χ4n) is 2.37. The Labute approximate surface area is 131 Å². The Balaban J connectivity index is 1.81. The number of benzene rings is 1. The molecule has 110 valence electrons. The van der Waals surface area contributed by atoms with Crippen LogP contribution in [0.4, 0.5) is 0 Å². The molecule has 1 aliphatic rings. The van der Waals surface area contributed by atoms with E-state index in [0.717, 1.165) is 5.69 Å². The van der Waals surface area contributed by atoms with Gasteiger partial charge in [0, 0.05) is 18.1 Å². The van der Waals surface area contributed by atoms with E-state index in [2.05, 4.69) is 21.0 Å². The maximum Gasteiger partial charge on any atom is 0.257 e. The van der Waals surface area contributed by atoms with Crippen LogP contribution < -0.4 is 0 Å². The summed E-state index contributed by atoms with van der Waals surface area (Å²) in [5.74, 6) is 0.00457. The summed E-state index contributed by atoms with van der Waals surface area (Å²) in [6, 6.07) is 9.83. The highest BCUT2D eigenvalue weighted by atomic mass is 79.9. The van der Waals surface area contributed by atoms with Gasteiger partial charge >= 0.3 is 0 Å². The third-order valence-corrected chi connectivity index (χ3v) is 4.26. The van der Waals surface area contributed by atoms with Gasteiger partial charge in [-0.15, -0.1) is 0 Å². The van der Waals surface area contributed by atoms with Crippen molar-refractivity contribution in [1.82, 2.24) is 14.7 Å². The normalized spacial score (nSPS) is 18.7. The van der Waals surface area contributed by atoms with Crippen molar-refractivity contribution in [2.75, 3.05) is 25.1 Å². The smallest absolute Gasteiger partial charge is 0.257 e. The Hall–Kier alpha value is -1.66. The number of hydrogen-bond donors (Lipinski definition) is 0. The lowest BCUT2D eigenvalue weighted by Gasteiger charge is -2.34. The number of ether oxygens (including phenoxy) is 1. The van der Waals surface area contributed by atoms with Gasteiger partial charge in [-0.25, -0.2) is 4.68 Å². The number of halogens is 1. The number of alkyl halides is 1. The maximum absolute atomic E-state index is 12.6. The molecule has 0 bridgehead atoms. The van der Waals surface area contributed by atoms with Crippen molar-refractivity contribution in [1.29, 1.82) is 0 Å². The standard InChI is InChI=1S/C15H16BrN3O2/c16-8-14-11-21-7-6-18(14)15(20)12-9-17-19(10-12)13-4-2-1-3-5-13/h1-5,9-10,14H,6-8,11H2. The van der Waals surface area contributed by atoms with Crippen LogP contribution in [0, 0.1) is 0 Å². The lowest BCUT2D eigenvalue weighted by atomic mass is 10.2. The summed E-state index contributed by atoms with van der Waals surface area (Å²) in [7, 11) is 0. The number of amides is 1. The fraction of sp³-hybridized carbons (Fsp3) is 0.333. The van der Waals surface area contributed by atoms with Gasteiger partial charge in [0.1, 0.15) is 0 Å². The van der Waals surface area contributed by atoms with Gasteiger partial charge in [0.2, 0.25) is 0 Å². The zero-order valence-corrected chi connectivity index (χ0v) is 13.1. The summed E-state index contributed by atoms with van der Waals surface area (Å²) < 4.78 is 7.14. The molecular formula is C15H16BrN3O2. The van der Waals surface area contributed by atoms with Gasteiger partial charge in [-0.1, -0.05) is 34.1 Å². The average Bonchev–Trinajstić information content (AvgIpc) is 3.05. The number of morpholine rings is 1. The Morgan fingerprint density at radius 2 is 2.19 bits per heavy atom. The molecule has 0 radical (unpaired) electrons. The molecule has 0 spiro atoms. The molecule has 1 fully saturated rings. The fourth-order valence-corrected chi connectivity index (χ4v) is 2.91. The van der Waals surface area contributed by atoms with Crippen LogP contribution in [-0.2, 0) is 4.74 Å². The van der Waals surface area contributed by atoms with Crippen LogP contribution in [0.15, 0.2) is 42.7 Å². The van der Waals surface area contributed by atoms with Gasteiger partial charge in [-0.2, -0.15) is 5.10 Å². The molecule has 5 nitrogen and oxygen atoms in total. The summed E-state index contributed by atoms with van der Waals surface area (Å²) in [5.41, 5.74) is 1.54. The Bertz CT molecular complexity index is 614. The van der Waals surface area contributed by atoms with E-state index in [4.69, 9.17) is 4.74 Å². The van der Waals surface area contributed by atoms with Crippen LogP contribution in [0.5, 0.6) is 0 Å². The van der Waals surface area contributed by atoms with E-state index in [9.17, 15) is 4.79 Å². The first kappa shape index (κ1) is 14.3. The largest absolute Gasteiger partial charge is 0.377 e. The number of rotatable bonds is 3. The van der Waals surface area contributed by atoms with E-state index < -0.39 is 0 Å². The first-order chi connectivity index (χ1) is 10.3. The molecule has 1 unspecified atom stereocenters. The summed E-state index contributed by atoms with van der Waals surface area (Å²) in [4.78, 5) is 14.5. The minimum absolute atomic E-state index is 0.00457. The molecule has 1 amide bonds. The number of aromatic nitrogens is 2. The topological polar surface area (TPSA) is 47.4 Å². The predicted molar refractivity (Wildman–Crippen MR) is 83.0 cm³/mol. The molecule has 0 aliphatic carbocycles. The molecule has 21 heavy (non-hydrogen) atoms. The van der Waals surface area contributed by atoms with Gasteiger partial charge in [-0.05, 0) is 12.1 Å². The highest BCUT2D eigenvalue weighted by Crippen LogP contribution is 2.15. The highest BCUT2D eigenvalue weighted by molar-refractivity contribution is 9.09. The second-order valence-corrected chi connectivity index (χ2v) is 5.54. The van der Waals surface area contributed by atoms with Gasteiger partial charge in [0.25, 0.3) is 5.91 Å². The molecule has 3 rings (SSSR count). The zero-order chi connectivity index (χ0) is 14.7. The summed E-state index contributed by atoms with van der Waals surface area (Å²) in [6.45, 7) is 1.78. The minimum Gasteiger partial charge on any atom is -0.377 e. The van der Waals surface area contributed by atoms with Crippen molar-refractivity contribution in [2.24, 2.45) is 0 Å². The molecule has 1 saturated heterocycles. The van der Waals surface area contributed by atoms with E-state index in [-0.39, 0.29) is 11.9 Å². The second-order valence-electron chi connectivity index (χ2n) is 4.89. The van der Waals surface area contributed by atoms with E-state index in [1.165, 1.54) is 0 Å². The van der Waals surface area contributed by atoms with Gasteiger partial charge in [-0.3, -0.25) is 4.79 Å². The van der Waals surface area contributed by atoms with E-state index >= 15 is 0 Å². The molecule has 1 aromatic carbocycles. The number of carbonyl (C=O) groups excluding carboxylic acids is 1. The molecule has 1 aromatic heterocycles. The quantitative estimate of drug-likeness (QED) is 0.797. The molecule has 2 heterocycles. The average molecular weight is 350 g/mol. The Kier molecular flexibility index (Phi) is 4.36. The van der Waals surface area contributed by atoms with Crippen LogP contribution in [0.3, 0.4) is 0 Å². The molecule has 1 aliphatic heterocycles. The third-order valence-electron chi connectivity index (χ3n) is 3.52. The lowest BCUT2D eigenvalue weighted by molar-refractivity contribution is 0.00525. The van der Waals surface area contributed by atoms with E-state index in [0.29, 0.717) is 30.7 Å². The molecule has 2 aromatic rings. The van der Waals surface area contributed by atoms with E-state index in [1.54, 1.807) is 17.1 Å². The van der Waals surface area contributed by atoms with Crippen molar-refractivity contribution in [3.63, 3.8) is 0 Å². The van der Waals surface area contributed by atoms with Crippen LogP contribution >= 0.6 is 15.9 Å². The molecule has 1 atom stereocenters. The molecular weight excluding hydrogens is 334 g/mol.